The number of nitrogens with one attached hydrogen (secondary N) is 5. The summed E-state index contributed by atoms with van der Waals surface area (Å²) < 4.78 is 0. The van der Waals surface area contributed by atoms with Crippen molar-refractivity contribution in [1.82, 2.24) is 51.1 Å². The molecular formula is C62H113N11O14. The van der Waals surface area contributed by atoms with Gasteiger partial charge < -0.3 is 72.1 Å². The highest BCUT2D eigenvalue weighted by molar-refractivity contribution is 5.99. The largest absolute Gasteiger partial charge is 0.396 e. The van der Waals surface area contributed by atoms with Crippen molar-refractivity contribution in [2.24, 2.45) is 47.2 Å². The van der Waals surface area contributed by atoms with Gasteiger partial charge in [-0.2, -0.15) is 0 Å². The molecule has 0 bridgehead atoms. The second-order valence-electron chi connectivity index (χ2n) is 26.1. The number of aliphatic hydroxyl groups excluding tert-OH is 3. The maximum absolute atomic E-state index is 14.9. The van der Waals surface area contributed by atoms with Crippen molar-refractivity contribution >= 4 is 64.9 Å². The van der Waals surface area contributed by atoms with Gasteiger partial charge in [-0.25, -0.2) is 0 Å². The predicted octanol–water partition coefficient (Wildman–Crippen LogP) is 1.34. The van der Waals surface area contributed by atoms with Crippen LogP contribution in [0.1, 0.15) is 156 Å². The molecule has 0 aliphatic carbocycles. The molecule has 0 saturated carbocycles. The van der Waals surface area contributed by atoms with E-state index in [1.54, 1.807) is 46.8 Å². The minimum Gasteiger partial charge on any atom is -0.396 e. The fraction of sp³-hybridized carbons (Fsp3) is 0.790. The van der Waals surface area contributed by atoms with Gasteiger partial charge >= 0.3 is 0 Å². The number of allylic oxidation sites excluding steroid dienone is 2. The molecule has 25 nitrogen and oxygen atoms in total. The number of nitrogens with zero attached hydrogens (tertiary/aromatic N) is 5. The Morgan fingerprint density at radius 1 is 0.483 bits per heavy atom. The zero-order valence-corrected chi connectivity index (χ0v) is 56.4. The Morgan fingerprint density at radius 3 is 1.37 bits per heavy atom. The summed E-state index contributed by atoms with van der Waals surface area (Å²) in [7, 11) is 6.75. The normalized spacial score (nSPS) is 16.6. The molecule has 500 valence electrons. The lowest BCUT2D eigenvalue weighted by atomic mass is 9.91. The summed E-state index contributed by atoms with van der Waals surface area (Å²) in [5.74, 6) is -9.69. The van der Waals surface area contributed by atoms with Crippen LogP contribution in [0.25, 0.3) is 0 Å². The molecule has 87 heavy (non-hydrogen) atoms. The third kappa shape index (κ3) is 26.3. The van der Waals surface area contributed by atoms with E-state index in [2.05, 4.69) is 26.6 Å². The van der Waals surface area contributed by atoms with Gasteiger partial charge in [-0.05, 0) is 115 Å². The van der Waals surface area contributed by atoms with Crippen LogP contribution < -0.4 is 32.3 Å². The van der Waals surface area contributed by atoms with Gasteiger partial charge in [0.2, 0.25) is 59.1 Å². The van der Waals surface area contributed by atoms with Crippen molar-refractivity contribution in [2.75, 3.05) is 48.4 Å². The average molecular weight is 1240 g/mol. The van der Waals surface area contributed by atoms with Crippen LogP contribution in [-0.2, 0) is 52.7 Å². The fourth-order valence-corrected chi connectivity index (χ4v) is 10.2. The van der Waals surface area contributed by atoms with Crippen LogP contribution in [0.15, 0.2) is 12.2 Å². The van der Waals surface area contributed by atoms with Crippen LogP contribution in [0, 0.1) is 41.4 Å². The molecule has 0 fully saturated rings. The first-order chi connectivity index (χ1) is 40.1. The standard InChI is InChI=1S/C62H113N11O14/c1-23-24-25-39(13)52(77)51(57(82)68-49(43(17)76)61(86)69(18)31-40(14)75)73(22)62(87)50(37(10)11)72(21)60(85)46(28-35(6)7)67-56(81)48(30-38(12)32-74)70(19)58(83)42(16)65-53(78)41(15)64-55(80)47(29-36(8)9)71(20)59(84)45(27-34(4)5)66-54(79)44(63)26-33(2)3/h23-24,33-39,41-52,74,76-77H,25-32,63H2,1-22H3,(H,64,80)(H,65,78)(H,66,79)(H,67,81)(H,68,82)/b24-23+/t38?,39-,41+,42-,43-,44-,45+,46+,47+,48+,49+,50+,51+,52-/m1/s1. The lowest BCUT2D eigenvalue weighted by molar-refractivity contribution is -0.155. The lowest BCUT2D eigenvalue weighted by Gasteiger charge is -2.40. The van der Waals surface area contributed by atoms with Gasteiger partial charge in [-0.3, -0.25) is 52.7 Å². The highest BCUT2D eigenvalue weighted by atomic mass is 16.3. The van der Waals surface area contributed by atoms with Crippen LogP contribution in [0.2, 0.25) is 0 Å². The van der Waals surface area contributed by atoms with E-state index >= 15 is 0 Å². The number of hydrogen-bond donors (Lipinski definition) is 9. The van der Waals surface area contributed by atoms with Crippen molar-refractivity contribution in [2.45, 2.75) is 229 Å². The second-order valence-corrected chi connectivity index (χ2v) is 26.1. The number of nitrogens with two attached hydrogens (primary N) is 1. The fourth-order valence-electron chi connectivity index (χ4n) is 10.2. The van der Waals surface area contributed by atoms with Gasteiger partial charge in [0, 0.05) is 41.8 Å². The van der Waals surface area contributed by atoms with Gasteiger partial charge in [0.25, 0.3) is 0 Å². The number of likely N-dealkylation sites (N-methyl/N-ethyl adjacent to an activating group) is 5. The third-order valence-corrected chi connectivity index (χ3v) is 15.3. The predicted molar refractivity (Wildman–Crippen MR) is 333 cm³/mol. The Balaban J connectivity index is 6.98. The van der Waals surface area contributed by atoms with Gasteiger partial charge in [0.15, 0.2) is 0 Å². The molecule has 1 unspecified atom stereocenters. The van der Waals surface area contributed by atoms with E-state index in [4.69, 9.17) is 5.73 Å². The molecule has 0 heterocycles. The van der Waals surface area contributed by atoms with Gasteiger partial charge in [0.05, 0.1) is 24.8 Å². The average Bonchev–Trinajstić information content (AvgIpc) is 2.51. The Labute approximate surface area is 518 Å². The molecule has 14 atom stereocenters. The van der Waals surface area contributed by atoms with E-state index in [1.807, 2.05) is 55.4 Å². The van der Waals surface area contributed by atoms with Gasteiger partial charge in [-0.1, -0.05) is 95.2 Å². The molecule has 0 aromatic carbocycles. The van der Waals surface area contributed by atoms with Crippen LogP contribution in [0.3, 0.4) is 0 Å². The van der Waals surface area contributed by atoms with E-state index < -0.39 is 149 Å². The van der Waals surface area contributed by atoms with Crippen molar-refractivity contribution in [3.8, 4) is 0 Å². The monoisotopic (exact) mass is 1240 g/mol. The Morgan fingerprint density at radius 2 is 0.920 bits per heavy atom. The summed E-state index contributed by atoms with van der Waals surface area (Å²) in [6.07, 6.45) is 1.58. The van der Waals surface area contributed by atoms with Crippen LogP contribution in [0.5, 0.6) is 0 Å². The van der Waals surface area contributed by atoms with Crippen LogP contribution in [0.4, 0.5) is 0 Å². The molecule has 0 spiro atoms. The Hall–Kier alpha value is -6.05. The number of ketones is 1. The third-order valence-electron chi connectivity index (χ3n) is 15.3. The first-order valence-electron chi connectivity index (χ1n) is 30.8. The smallest absolute Gasteiger partial charge is 0.247 e. The number of Topliss-reactive ketones (excluding diaryl/α,β-unsaturated/α-hetero) is 1. The van der Waals surface area contributed by atoms with Crippen LogP contribution >= 0.6 is 0 Å². The topological polar surface area (TPSA) is 351 Å². The van der Waals surface area contributed by atoms with E-state index in [0.717, 1.165) is 19.6 Å². The van der Waals surface area contributed by atoms with E-state index in [-0.39, 0.29) is 74.7 Å². The van der Waals surface area contributed by atoms with E-state index in [9.17, 15) is 68.1 Å². The molecule has 0 saturated heterocycles. The number of amides is 10. The highest BCUT2D eigenvalue weighted by Crippen LogP contribution is 2.24. The summed E-state index contributed by atoms with van der Waals surface area (Å²) in [6.45, 7) is 28.0. The number of hydrogen-bond acceptors (Lipinski definition) is 15. The minimum atomic E-state index is -1.68. The molecule has 0 radical (unpaired) electrons. The molecule has 0 aromatic rings. The summed E-state index contributed by atoms with van der Waals surface area (Å²) in [5, 5.41) is 46.1. The molecule has 0 aliphatic heterocycles. The second kappa shape index (κ2) is 38.4. The molecule has 0 rings (SSSR count). The maximum Gasteiger partial charge on any atom is 0.247 e. The number of carbonyl (C=O) groups is 11. The molecule has 0 aromatic heterocycles. The zero-order chi connectivity index (χ0) is 67.8. The Kier molecular flexibility index (Phi) is 35.7. The van der Waals surface area contributed by atoms with Crippen molar-refractivity contribution in [3.05, 3.63) is 12.2 Å². The highest BCUT2D eigenvalue weighted by Gasteiger charge is 2.45. The number of rotatable bonds is 38. The first kappa shape index (κ1) is 81.0. The summed E-state index contributed by atoms with van der Waals surface area (Å²) in [5.41, 5.74) is 6.15. The summed E-state index contributed by atoms with van der Waals surface area (Å²) >= 11 is 0. The van der Waals surface area contributed by atoms with Crippen molar-refractivity contribution in [3.63, 3.8) is 0 Å². The summed E-state index contributed by atoms with van der Waals surface area (Å²) in [6, 6.07) is -12.7. The SMILES string of the molecule is C/C=C/C[C@@H](C)[C@@H](O)[C@@H](C(=O)N[C@H](C(=O)N(C)CC(C)=O)[C@@H](C)O)N(C)C(=O)[C@H](C(C)C)N(C)C(=O)[C@H](CC(C)C)NC(=O)[C@H](CC(C)CO)N(C)C(=O)[C@@H](C)NC(=O)[C@H](C)NC(=O)[C@H](CC(C)C)N(C)C(=O)[C@H](CC(C)C)NC(=O)[C@H](N)CC(C)C. The zero-order valence-electron chi connectivity index (χ0n) is 56.4. The minimum absolute atomic E-state index is 0.0154. The lowest BCUT2D eigenvalue weighted by Crippen LogP contribution is -2.64. The van der Waals surface area contributed by atoms with Crippen molar-refractivity contribution < 1.29 is 68.1 Å². The molecule has 10 N–H and O–H groups in total. The first-order valence-corrected chi connectivity index (χ1v) is 30.8. The number of aliphatic hydroxyl groups is 3. The van der Waals surface area contributed by atoms with Gasteiger partial charge in [-0.15, -0.1) is 0 Å². The quantitative estimate of drug-likeness (QED) is 0.0394. The van der Waals surface area contributed by atoms with Crippen molar-refractivity contribution in [1.29, 1.82) is 0 Å². The van der Waals surface area contributed by atoms with Gasteiger partial charge in [0.1, 0.15) is 60.2 Å². The molecule has 10 amide bonds. The molecular weight excluding hydrogens is 1120 g/mol. The van der Waals surface area contributed by atoms with E-state index in [1.165, 1.54) is 67.8 Å². The maximum atomic E-state index is 14.9. The molecule has 0 aliphatic rings. The van der Waals surface area contributed by atoms with Crippen LogP contribution in [-0.4, -0.2) is 226 Å². The summed E-state index contributed by atoms with van der Waals surface area (Å²) in [4.78, 5) is 159. The van der Waals surface area contributed by atoms with E-state index in [0.29, 0.717) is 6.42 Å². The molecule has 25 heteroatoms. The number of carbonyl (C=O) groups excluding carboxylic acids is 11. The Bertz CT molecular complexity index is 2310.